The molecule has 0 amide bonds. The first-order chi connectivity index (χ1) is 9.29. The van der Waals surface area contributed by atoms with Crippen molar-refractivity contribution in [2.45, 2.75) is 13.8 Å². The lowest BCUT2D eigenvalue weighted by atomic mass is 10.2. The number of nitrogens with one attached hydrogen (secondary N) is 1. The number of fused-ring (bicyclic) bond motifs is 1. The summed E-state index contributed by atoms with van der Waals surface area (Å²) >= 11 is 0. The molecule has 0 fully saturated rings. The molecule has 0 spiro atoms. The van der Waals surface area contributed by atoms with E-state index in [4.69, 9.17) is 0 Å². The normalized spacial score (nSPS) is 10.8. The highest BCUT2D eigenvalue weighted by Crippen LogP contribution is 2.23. The van der Waals surface area contributed by atoms with Crippen molar-refractivity contribution in [2.24, 2.45) is 0 Å². The molecule has 0 saturated heterocycles. The fraction of sp³-hybridized carbons (Fsp3) is 0.200. The third-order valence-corrected chi connectivity index (χ3v) is 3.01. The molecular formula is C15H16N4. The molecule has 1 N–H and O–H groups in total. The van der Waals surface area contributed by atoms with Crippen LogP contribution < -0.4 is 5.32 Å². The summed E-state index contributed by atoms with van der Waals surface area (Å²) in [5.41, 5.74) is 4.08. The van der Waals surface area contributed by atoms with Gasteiger partial charge in [-0.25, -0.2) is 9.97 Å². The lowest BCUT2D eigenvalue weighted by molar-refractivity contribution is 1.03. The highest BCUT2D eigenvalue weighted by molar-refractivity contribution is 5.77. The van der Waals surface area contributed by atoms with Crippen molar-refractivity contribution < 1.29 is 0 Å². The molecule has 0 aliphatic carbocycles. The van der Waals surface area contributed by atoms with Crippen LogP contribution in [0, 0.1) is 6.92 Å². The van der Waals surface area contributed by atoms with Gasteiger partial charge in [0.05, 0.1) is 5.69 Å². The van der Waals surface area contributed by atoms with Crippen LogP contribution >= 0.6 is 0 Å². The molecule has 3 rings (SSSR count). The first-order valence-electron chi connectivity index (χ1n) is 6.44. The average molecular weight is 252 g/mol. The molecule has 0 unspecified atom stereocenters. The van der Waals surface area contributed by atoms with Gasteiger partial charge in [-0.15, -0.1) is 0 Å². The number of hydrogen-bond donors (Lipinski definition) is 1. The van der Waals surface area contributed by atoms with E-state index in [1.807, 2.05) is 12.1 Å². The smallest absolute Gasteiger partial charge is 0.209 e. The lowest BCUT2D eigenvalue weighted by Gasteiger charge is -2.09. The second-order valence-electron chi connectivity index (χ2n) is 4.49. The Kier molecular flexibility index (Phi) is 2.91. The van der Waals surface area contributed by atoms with E-state index < -0.39 is 0 Å². The van der Waals surface area contributed by atoms with Gasteiger partial charge in [-0.2, -0.15) is 0 Å². The molecule has 96 valence electrons. The summed E-state index contributed by atoms with van der Waals surface area (Å²) < 4.78 is 2.06. The van der Waals surface area contributed by atoms with E-state index in [0.717, 1.165) is 29.3 Å². The third kappa shape index (κ3) is 2.05. The van der Waals surface area contributed by atoms with Gasteiger partial charge in [0.1, 0.15) is 5.52 Å². The molecule has 2 heterocycles. The van der Waals surface area contributed by atoms with Crippen LogP contribution in [0.3, 0.4) is 0 Å². The number of pyridine rings is 1. The molecule has 0 bridgehead atoms. The quantitative estimate of drug-likeness (QED) is 0.778. The van der Waals surface area contributed by atoms with Gasteiger partial charge in [0.2, 0.25) is 5.95 Å². The Morgan fingerprint density at radius 3 is 2.89 bits per heavy atom. The maximum atomic E-state index is 4.60. The summed E-state index contributed by atoms with van der Waals surface area (Å²) in [6.07, 6.45) is 1.80. The minimum atomic E-state index is 0.829. The van der Waals surface area contributed by atoms with E-state index in [1.165, 1.54) is 5.56 Å². The van der Waals surface area contributed by atoms with E-state index in [1.54, 1.807) is 6.20 Å². The first kappa shape index (κ1) is 11.7. The van der Waals surface area contributed by atoms with Gasteiger partial charge in [-0.1, -0.05) is 12.1 Å². The largest absolute Gasteiger partial charge is 0.356 e. The average Bonchev–Trinajstić information content (AvgIpc) is 2.77. The fourth-order valence-electron chi connectivity index (χ4n) is 2.20. The Hall–Kier alpha value is -2.36. The predicted octanol–water partition coefficient (Wildman–Crippen LogP) is 3.16. The number of rotatable bonds is 3. The number of aryl methyl sites for hydroxylation is 1. The van der Waals surface area contributed by atoms with Crippen LogP contribution in [-0.4, -0.2) is 21.1 Å². The minimum Gasteiger partial charge on any atom is -0.356 e. The fourth-order valence-corrected chi connectivity index (χ4v) is 2.20. The molecule has 3 aromatic rings. The van der Waals surface area contributed by atoms with Crippen molar-refractivity contribution in [3.63, 3.8) is 0 Å². The molecular weight excluding hydrogens is 236 g/mol. The molecule has 0 saturated carbocycles. The Morgan fingerprint density at radius 1 is 1.21 bits per heavy atom. The van der Waals surface area contributed by atoms with Crippen molar-refractivity contribution in [2.75, 3.05) is 11.9 Å². The van der Waals surface area contributed by atoms with Crippen molar-refractivity contribution in [1.29, 1.82) is 0 Å². The molecule has 0 radical (unpaired) electrons. The summed E-state index contributed by atoms with van der Waals surface area (Å²) in [4.78, 5) is 9.05. The summed E-state index contributed by atoms with van der Waals surface area (Å²) in [7, 11) is 0. The van der Waals surface area contributed by atoms with Crippen LogP contribution in [0.2, 0.25) is 0 Å². The molecule has 0 aliphatic rings. The summed E-state index contributed by atoms with van der Waals surface area (Å²) in [5, 5.41) is 3.30. The number of hydrogen-bond acceptors (Lipinski definition) is 3. The minimum absolute atomic E-state index is 0.829. The van der Waals surface area contributed by atoms with Crippen molar-refractivity contribution in [3.05, 3.63) is 48.2 Å². The zero-order valence-corrected chi connectivity index (χ0v) is 11.1. The van der Waals surface area contributed by atoms with Crippen LogP contribution in [0.5, 0.6) is 0 Å². The second kappa shape index (κ2) is 4.72. The van der Waals surface area contributed by atoms with Crippen LogP contribution in [0.15, 0.2) is 42.6 Å². The zero-order valence-electron chi connectivity index (χ0n) is 11.1. The molecule has 1 aromatic carbocycles. The molecule has 0 aliphatic heterocycles. The van der Waals surface area contributed by atoms with E-state index in [9.17, 15) is 0 Å². The number of benzene rings is 1. The van der Waals surface area contributed by atoms with E-state index in [2.05, 4.69) is 58.0 Å². The van der Waals surface area contributed by atoms with Gasteiger partial charge in [-0.3, -0.25) is 4.57 Å². The van der Waals surface area contributed by atoms with E-state index in [-0.39, 0.29) is 0 Å². The van der Waals surface area contributed by atoms with Gasteiger partial charge < -0.3 is 5.32 Å². The van der Waals surface area contributed by atoms with Crippen molar-refractivity contribution in [3.8, 4) is 5.69 Å². The predicted molar refractivity (Wildman–Crippen MR) is 77.8 cm³/mol. The van der Waals surface area contributed by atoms with Crippen LogP contribution in [-0.2, 0) is 0 Å². The second-order valence-corrected chi connectivity index (χ2v) is 4.49. The van der Waals surface area contributed by atoms with E-state index >= 15 is 0 Å². The third-order valence-electron chi connectivity index (χ3n) is 3.01. The van der Waals surface area contributed by atoms with Crippen LogP contribution in [0.1, 0.15) is 12.5 Å². The SMILES string of the molecule is CCNc1nc2cccnc2n1-c1cccc(C)c1. The maximum Gasteiger partial charge on any atom is 0.209 e. The molecule has 4 nitrogen and oxygen atoms in total. The molecule has 19 heavy (non-hydrogen) atoms. The summed E-state index contributed by atoms with van der Waals surface area (Å²) in [5.74, 6) is 0.835. The van der Waals surface area contributed by atoms with Gasteiger partial charge in [0.15, 0.2) is 5.65 Å². The van der Waals surface area contributed by atoms with Crippen LogP contribution in [0.25, 0.3) is 16.9 Å². The molecule has 2 aromatic heterocycles. The van der Waals surface area contributed by atoms with Gasteiger partial charge in [0, 0.05) is 12.7 Å². The number of imidazole rings is 1. The van der Waals surface area contributed by atoms with Gasteiger partial charge >= 0.3 is 0 Å². The maximum absolute atomic E-state index is 4.60. The molecule has 0 atom stereocenters. The Morgan fingerprint density at radius 2 is 2.11 bits per heavy atom. The number of anilines is 1. The zero-order chi connectivity index (χ0) is 13.2. The topological polar surface area (TPSA) is 42.7 Å². The Labute approximate surface area is 112 Å². The first-order valence-corrected chi connectivity index (χ1v) is 6.44. The monoisotopic (exact) mass is 252 g/mol. The van der Waals surface area contributed by atoms with Gasteiger partial charge in [0.25, 0.3) is 0 Å². The highest BCUT2D eigenvalue weighted by atomic mass is 15.2. The van der Waals surface area contributed by atoms with Crippen LogP contribution in [0.4, 0.5) is 5.95 Å². The van der Waals surface area contributed by atoms with Crippen molar-refractivity contribution in [1.82, 2.24) is 14.5 Å². The number of aromatic nitrogens is 3. The summed E-state index contributed by atoms with van der Waals surface area (Å²) in [6, 6.07) is 12.2. The Bertz CT molecular complexity index is 715. The molecule has 4 heteroatoms. The van der Waals surface area contributed by atoms with Crippen molar-refractivity contribution >= 4 is 17.1 Å². The van der Waals surface area contributed by atoms with E-state index in [0.29, 0.717) is 0 Å². The number of nitrogens with zero attached hydrogens (tertiary/aromatic N) is 3. The highest BCUT2D eigenvalue weighted by Gasteiger charge is 2.12. The summed E-state index contributed by atoms with van der Waals surface area (Å²) in [6.45, 7) is 4.98. The van der Waals surface area contributed by atoms with Gasteiger partial charge in [-0.05, 0) is 43.7 Å². The standard InChI is InChI=1S/C15H16N4/c1-3-16-15-18-13-8-5-9-17-14(13)19(15)12-7-4-6-11(2)10-12/h4-10H,3H2,1-2H3,(H,16,18). The lowest BCUT2D eigenvalue weighted by Crippen LogP contribution is -2.05. The Balaban J connectivity index is 2.28.